The van der Waals surface area contributed by atoms with Crippen LogP contribution in [0.5, 0.6) is 5.75 Å². The Balaban J connectivity index is 1.35. The Hall–Kier alpha value is -3.75. The molecule has 0 saturated heterocycles. The molecule has 0 N–H and O–H groups in total. The van der Waals surface area contributed by atoms with Crippen LogP contribution in [-0.4, -0.2) is 41.2 Å². The minimum absolute atomic E-state index is 0.0541. The number of ketones is 1. The minimum Gasteiger partial charge on any atom is -0.490 e. The highest BCUT2D eigenvalue weighted by molar-refractivity contribution is 7.19. The first-order valence-corrected chi connectivity index (χ1v) is 13.6. The summed E-state index contributed by atoms with van der Waals surface area (Å²) in [7, 11) is 0. The van der Waals surface area contributed by atoms with Gasteiger partial charge < -0.3 is 9.64 Å². The quantitative estimate of drug-likeness (QED) is 0.131. The van der Waals surface area contributed by atoms with Gasteiger partial charge in [0, 0.05) is 22.1 Å². The topological polar surface area (TPSA) is 89.8 Å². The SMILES string of the molecule is O=C(CN(CCOc1cccc2c3c(sc12)CCCC3)C(=O)c1ccccc1)c1ccc(Cl)c([N+](=O)[O-])c1. The summed E-state index contributed by atoms with van der Waals surface area (Å²) in [5, 5.41) is 12.5. The van der Waals surface area contributed by atoms with Crippen molar-refractivity contribution in [2.45, 2.75) is 25.7 Å². The number of aryl methyl sites for hydroxylation is 2. The second-order valence-corrected chi connectivity index (χ2v) is 10.6. The fraction of sp³-hybridized carbons (Fsp3) is 0.241. The van der Waals surface area contributed by atoms with Gasteiger partial charge in [-0.2, -0.15) is 0 Å². The third kappa shape index (κ3) is 5.42. The van der Waals surface area contributed by atoms with Crippen molar-refractivity contribution in [3.8, 4) is 5.75 Å². The third-order valence-corrected chi connectivity index (χ3v) is 8.31. The van der Waals surface area contributed by atoms with Crippen molar-refractivity contribution in [1.82, 2.24) is 4.90 Å². The average Bonchev–Trinajstić information content (AvgIpc) is 3.32. The highest BCUT2D eigenvalue weighted by Crippen LogP contribution is 2.40. The van der Waals surface area contributed by atoms with Crippen LogP contribution < -0.4 is 4.74 Å². The number of fused-ring (bicyclic) bond motifs is 3. The number of nitrogens with zero attached hydrogens (tertiary/aromatic N) is 2. The van der Waals surface area contributed by atoms with E-state index < -0.39 is 10.7 Å². The lowest BCUT2D eigenvalue weighted by Gasteiger charge is -2.22. The zero-order chi connectivity index (χ0) is 26.6. The zero-order valence-electron chi connectivity index (χ0n) is 20.5. The molecule has 9 heteroatoms. The van der Waals surface area contributed by atoms with E-state index in [0.29, 0.717) is 5.56 Å². The number of hydrogen-bond acceptors (Lipinski definition) is 6. The first-order chi connectivity index (χ1) is 18.4. The lowest BCUT2D eigenvalue weighted by atomic mass is 9.96. The Bertz CT molecular complexity index is 1520. The Morgan fingerprint density at radius 3 is 2.58 bits per heavy atom. The lowest BCUT2D eigenvalue weighted by Crippen LogP contribution is -2.38. The van der Waals surface area contributed by atoms with Gasteiger partial charge in [0.25, 0.3) is 11.6 Å². The van der Waals surface area contributed by atoms with Gasteiger partial charge in [-0.25, -0.2) is 0 Å². The maximum atomic E-state index is 13.3. The predicted molar refractivity (Wildman–Crippen MR) is 149 cm³/mol. The predicted octanol–water partition coefficient (Wildman–Crippen LogP) is 6.75. The maximum absolute atomic E-state index is 13.3. The molecule has 194 valence electrons. The van der Waals surface area contributed by atoms with Crippen molar-refractivity contribution in [2.75, 3.05) is 19.7 Å². The summed E-state index contributed by atoms with van der Waals surface area (Å²) in [4.78, 5) is 39.9. The van der Waals surface area contributed by atoms with Gasteiger partial charge in [0.1, 0.15) is 17.4 Å². The fourth-order valence-corrected chi connectivity index (χ4v) is 6.29. The van der Waals surface area contributed by atoms with E-state index >= 15 is 0 Å². The largest absolute Gasteiger partial charge is 0.490 e. The van der Waals surface area contributed by atoms with Gasteiger partial charge in [0.2, 0.25) is 0 Å². The summed E-state index contributed by atoms with van der Waals surface area (Å²) in [6.07, 6.45) is 4.59. The smallest absolute Gasteiger partial charge is 0.288 e. The molecular weight excluding hydrogens is 524 g/mol. The second kappa shape index (κ2) is 11.3. The second-order valence-electron chi connectivity index (χ2n) is 9.13. The number of hydrogen-bond donors (Lipinski definition) is 0. The standard InChI is InChI=1S/C29H25ClN2O5S/c30-23-14-13-20(17-24(23)32(35)36)25(33)18-31(29(34)19-7-2-1-3-8-19)15-16-37-26-11-6-10-22-21-9-4-5-12-27(21)38-28(22)26/h1-3,6-8,10-11,13-14,17H,4-5,9,12,15-16,18H2. The molecule has 0 bridgehead atoms. The first kappa shape index (κ1) is 25.9. The molecule has 3 aromatic carbocycles. The van der Waals surface area contributed by atoms with E-state index in [-0.39, 0.29) is 41.9 Å². The van der Waals surface area contributed by atoms with E-state index in [1.165, 1.54) is 45.7 Å². The van der Waals surface area contributed by atoms with E-state index in [1.54, 1.807) is 35.6 Å². The van der Waals surface area contributed by atoms with Crippen molar-refractivity contribution < 1.29 is 19.2 Å². The third-order valence-electron chi connectivity index (χ3n) is 6.67. The van der Waals surface area contributed by atoms with Crippen LogP contribution in [0.15, 0.2) is 66.7 Å². The number of benzene rings is 3. The molecule has 1 amide bonds. The summed E-state index contributed by atoms with van der Waals surface area (Å²) < 4.78 is 7.28. The number of nitro benzene ring substituents is 1. The van der Waals surface area contributed by atoms with Crippen LogP contribution in [-0.2, 0) is 12.8 Å². The maximum Gasteiger partial charge on any atom is 0.288 e. The van der Waals surface area contributed by atoms with Gasteiger partial charge in [0.15, 0.2) is 5.78 Å². The monoisotopic (exact) mass is 548 g/mol. The number of amides is 1. The molecule has 7 nitrogen and oxygen atoms in total. The van der Waals surface area contributed by atoms with Crippen molar-refractivity contribution in [3.05, 3.63) is 103 Å². The van der Waals surface area contributed by atoms with E-state index in [1.807, 2.05) is 18.2 Å². The molecule has 4 aromatic rings. The van der Waals surface area contributed by atoms with Crippen LogP contribution in [0, 0.1) is 10.1 Å². The minimum atomic E-state index is -0.636. The Labute approximate surface area is 228 Å². The molecule has 0 aliphatic heterocycles. The molecule has 0 unspecified atom stereocenters. The molecule has 0 spiro atoms. The van der Waals surface area contributed by atoms with Crippen LogP contribution in [0.2, 0.25) is 5.02 Å². The number of halogens is 1. The summed E-state index contributed by atoms with van der Waals surface area (Å²) in [6, 6.07) is 18.6. The molecule has 1 aromatic heterocycles. The molecule has 1 heterocycles. The summed E-state index contributed by atoms with van der Waals surface area (Å²) in [6.45, 7) is 0.0955. The summed E-state index contributed by atoms with van der Waals surface area (Å²) >= 11 is 7.68. The Kier molecular flexibility index (Phi) is 7.72. The molecule has 0 saturated carbocycles. The molecule has 1 aliphatic rings. The zero-order valence-corrected chi connectivity index (χ0v) is 22.1. The Morgan fingerprint density at radius 2 is 1.79 bits per heavy atom. The molecule has 5 rings (SSSR count). The molecule has 0 radical (unpaired) electrons. The number of ether oxygens (including phenoxy) is 1. The van der Waals surface area contributed by atoms with E-state index in [4.69, 9.17) is 16.3 Å². The van der Waals surface area contributed by atoms with Crippen LogP contribution >= 0.6 is 22.9 Å². The highest BCUT2D eigenvalue weighted by Gasteiger charge is 2.23. The number of Topliss-reactive ketones (excluding diaryl/α,β-unsaturated/α-hetero) is 1. The van der Waals surface area contributed by atoms with Crippen LogP contribution in [0.3, 0.4) is 0 Å². The van der Waals surface area contributed by atoms with Gasteiger partial charge in [-0.05, 0) is 67.0 Å². The van der Waals surface area contributed by atoms with Crippen LogP contribution in [0.1, 0.15) is 44.0 Å². The highest BCUT2D eigenvalue weighted by atomic mass is 35.5. The van der Waals surface area contributed by atoms with Crippen LogP contribution in [0.25, 0.3) is 10.1 Å². The Morgan fingerprint density at radius 1 is 1.00 bits per heavy atom. The van der Waals surface area contributed by atoms with Crippen LogP contribution in [0.4, 0.5) is 5.69 Å². The van der Waals surface area contributed by atoms with Crippen molar-refractivity contribution >= 4 is 50.4 Å². The molecule has 1 aliphatic carbocycles. The van der Waals surface area contributed by atoms with Gasteiger partial charge in [-0.1, -0.05) is 41.9 Å². The fourth-order valence-electron chi connectivity index (χ4n) is 4.74. The van der Waals surface area contributed by atoms with E-state index in [9.17, 15) is 19.7 Å². The first-order valence-electron chi connectivity index (χ1n) is 12.4. The lowest BCUT2D eigenvalue weighted by molar-refractivity contribution is -0.384. The normalized spacial score (nSPS) is 12.7. The van der Waals surface area contributed by atoms with E-state index in [0.717, 1.165) is 29.4 Å². The van der Waals surface area contributed by atoms with Crippen molar-refractivity contribution in [2.24, 2.45) is 0 Å². The molecular formula is C29H25ClN2O5S. The number of carbonyl (C=O) groups is 2. The molecule has 38 heavy (non-hydrogen) atoms. The van der Waals surface area contributed by atoms with Crippen molar-refractivity contribution in [3.63, 3.8) is 0 Å². The van der Waals surface area contributed by atoms with Gasteiger partial charge >= 0.3 is 0 Å². The number of rotatable bonds is 9. The van der Waals surface area contributed by atoms with Crippen molar-refractivity contribution in [1.29, 1.82) is 0 Å². The average molecular weight is 549 g/mol. The van der Waals surface area contributed by atoms with Gasteiger partial charge in [0.05, 0.1) is 22.7 Å². The number of nitro groups is 1. The summed E-state index contributed by atoms with van der Waals surface area (Å²) in [5.41, 5.74) is 1.62. The summed E-state index contributed by atoms with van der Waals surface area (Å²) in [5.74, 6) is 0.0200. The van der Waals surface area contributed by atoms with Gasteiger partial charge in [-0.15, -0.1) is 11.3 Å². The molecule has 0 fully saturated rings. The molecule has 0 atom stereocenters. The number of carbonyl (C=O) groups excluding carboxylic acids is 2. The van der Waals surface area contributed by atoms with Gasteiger partial charge in [-0.3, -0.25) is 19.7 Å². The number of thiophene rings is 1. The van der Waals surface area contributed by atoms with E-state index in [2.05, 4.69) is 6.07 Å².